The molecule has 3 fully saturated rings. The van der Waals surface area contributed by atoms with Crippen LogP contribution in [-0.2, 0) is 14.4 Å². The van der Waals surface area contributed by atoms with Crippen LogP contribution >= 0.6 is 0 Å². The van der Waals surface area contributed by atoms with Gasteiger partial charge in [0.1, 0.15) is 5.75 Å². The number of anilines is 1. The number of hydrogen-bond donors (Lipinski definition) is 1. The molecule has 0 saturated carbocycles. The summed E-state index contributed by atoms with van der Waals surface area (Å²) in [6, 6.07) is 6.77. The van der Waals surface area contributed by atoms with Crippen molar-refractivity contribution in [1.82, 2.24) is 4.90 Å². The topological polar surface area (TPSA) is 71.4 Å². The van der Waals surface area contributed by atoms with E-state index in [9.17, 15) is 14.4 Å². The second-order valence-corrected chi connectivity index (χ2v) is 8.57. The zero-order valence-corrected chi connectivity index (χ0v) is 17.8. The van der Waals surface area contributed by atoms with Gasteiger partial charge in [0.2, 0.25) is 11.8 Å². The molecule has 3 heterocycles. The number of rotatable bonds is 5. The van der Waals surface area contributed by atoms with Gasteiger partial charge in [-0.1, -0.05) is 0 Å². The first-order valence-electron chi connectivity index (χ1n) is 11.3. The number of carbonyl (C=O) groups excluding carboxylic acids is 3. The van der Waals surface area contributed by atoms with Crippen LogP contribution in [0.2, 0.25) is 0 Å². The lowest BCUT2D eigenvalue weighted by Gasteiger charge is -2.35. The Labute approximate surface area is 177 Å². The highest BCUT2D eigenvalue weighted by molar-refractivity contribution is 6.21. The first kappa shape index (κ1) is 20.8. The number of carbonyl (C=O) groups is 3. The molecule has 0 bridgehead atoms. The summed E-state index contributed by atoms with van der Waals surface area (Å²) in [5.74, 6) is 0.816. The molecule has 7 heteroatoms. The molecule has 162 valence electrons. The van der Waals surface area contributed by atoms with Crippen molar-refractivity contribution in [2.45, 2.75) is 51.5 Å². The Balaban J connectivity index is 1.35. The van der Waals surface area contributed by atoms with E-state index in [-0.39, 0.29) is 30.2 Å². The van der Waals surface area contributed by atoms with Gasteiger partial charge in [0, 0.05) is 31.8 Å². The van der Waals surface area contributed by atoms with Crippen LogP contribution in [-0.4, -0.2) is 61.4 Å². The number of hydrogen-bond acceptors (Lipinski definition) is 4. The van der Waals surface area contributed by atoms with Crippen LogP contribution in [0.3, 0.4) is 0 Å². The highest BCUT2D eigenvalue weighted by Crippen LogP contribution is 2.25. The summed E-state index contributed by atoms with van der Waals surface area (Å²) in [5.41, 5.74) is 0.602. The number of piperidine rings is 2. The normalized spacial score (nSPS) is 27.4. The third kappa shape index (κ3) is 4.21. The maximum atomic E-state index is 13.1. The summed E-state index contributed by atoms with van der Waals surface area (Å²) < 4.78 is 5.44. The largest absolute Gasteiger partial charge is 0.494 e. The van der Waals surface area contributed by atoms with Crippen molar-refractivity contribution in [3.8, 4) is 5.75 Å². The highest BCUT2D eigenvalue weighted by Gasteiger charge is 2.47. The van der Waals surface area contributed by atoms with Crippen molar-refractivity contribution in [2.75, 3.05) is 37.7 Å². The van der Waals surface area contributed by atoms with Crippen LogP contribution in [0.15, 0.2) is 24.3 Å². The molecule has 0 radical (unpaired) electrons. The minimum atomic E-state index is -0.338. The molecular formula is C23H32N3O4+. The van der Waals surface area contributed by atoms with Crippen molar-refractivity contribution in [3.05, 3.63) is 24.3 Å². The number of ether oxygens (including phenoxy) is 1. The van der Waals surface area contributed by atoms with Crippen molar-refractivity contribution in [2.24, 2.45) is 5.92 Å². The number of nitrogens with zero attached hydrogens (tertiary/aromatic N) is 2. The minimum absolute atomic E-state index is 0.0706. The van der Waals surface area contributed by atoms with Gasteiger partial charge in [-0.15, -0.1) is 0 Å². The molecule has 3 aliphatic heterocycles. The fraction of sp³-hybridized carbons (Fsp3) is 0.609. The van der Waals surface area contributed by atoms with Gasteiger partial charge in [-0.25, -0.2) is 4.90 Å². The third-order valence-electron chi connectivity index (χ3n) is 6.69. The van der Waals surface area contributed by atoms with E-state index in [0.29, 0.717) is 18.2 Å². The van der Waals surface area contributed by atoms with Crippen molar-refractivity contribution in [3.63, 3.8) is 0 Å². The molecule has 1 aromatic carbocycles. The Bertz CT molecular complexity index is 780. The Kier molecular flexibility index (Phi) is 6.37. The SMILES string of the molecule is CCOc1ccc(N2C(=O)C[C@H]([NH+]3CCC(C(=O)N4CCCCC4)CC3)C2=O)cc1. The van der Waals surface area contributed by atoms with E-state index in [0.717, 1.165) is 62.5 Å². The lowest BCUT2D eigenvalue weighted by atomic mass is 9.93. The number of likely N-dealkylation sites (tertiary alicyclic amines) is 2. The molecule has 1 atom stereocenters. The average molecular weight is 415 g/mol. The monoisotopic (exact) mass is 414 g/mol. The smallest absolute Gasteiger partial charge is 0.292 e. The van der Waals surface area contributed by atoms with E-state index in [4.69, 9.17) is 4.74 Å². The fourth-order valence-electron chi connectivity index (χ4n) is 5.04. The second kappa shape index (κ2) is 9.16. The molecular weight excluding hydrogens is 382 g/mol. The Hall–Kier alpha value is -2.41. The van der Waals surface area contributed by atoms with Gasteiger partial charge in [-0.2, -0.15) is 0 Å². The zero-order chi connectivity index (χ0) is 21.1. The fourth-order valence-corrected chi connectivity index (χ4v) is 5.04. The molecule has 4 rings (SSSR count). The maximum absolute atomic E-state index is 13.1. The van der Waals surface area contributed by atoms with Crippen LogP contribution in [0.4, 0.5) is 5.69 Å². The average Bonchev–Trinajstić information content (AvgIpc) is 3.09. The van der Waals surface area contributed by atoms with Crippen molar-refractivity contribution >= 4 is 23.4 Å². The first-order valence-corrected chi connectivity index (χ1v) is 11.3. The molecule has 0 spiro atoms. The molecule has 30 heavy (non-hydrogen) atoms. The second-order valence-electron chi connectivity index (χ2n) is 8.57. The summed E-state index contributed by atoms with van der Waals surface area (Å²) >= 11 is 0. The summed E-state index contributed by atoms with van der Waals surface area (Å²) in [4.78, 5) is 43.0. The van der Waals surface area contributed by atoms with E-state index in [1.54, 1.807) is 24.3 Å². The number of quaternary nitrogens is 1. The van der Waals surface area contributed by atoms with Crippen LogP contribution in [0.1, 0.15) is 45.4 Å². The number of nitrogens with one attached hydrogen (secondary N) is 1. The quantitative estimate of drug-likeness (QED) is 0.731. The lowest BCUT2D eigenvalue weighted by molar-refractivity contribution is -0.920. The molecule has 0 aromatic heterocycles. The lowest BCUT2D eigenvalue weighted by Crippen LogP contribution is -3.17. The van der Waals surface area contributed by atoms with Crippen LogP contribution in [0.5, 0.6) is 5.75 Å². The molecule has 3 amide bonds. The van der Waals surface area contributed by atoms with Crippen LogP contribution in [0, 0.1) is 5.92 Å². The summed E-state index contributed by atoms with van der Waals surface area (Å²) in [7, 11) is 0. The van der Waals surface area contributed by atoms with Gasteiger partial charge < -0.3 is 14.5 Å². The van der Waals surface area contributed by atoms with Gasteiger partial charge in [0.15, 0.2) is 6.04 Å². The van der Waals surface area contributed by atoms with Gasteiger partial charge in [0.25, 0.3) is 5.91 Å². The molecule has 0 aliphatic carbocycles. The first-order chi connectivity index (χ1) is 14.6. The number of imide groups is 1. The predicted molar refractivity (Wildman–Crippen MR) is 112 cm³/mol. The molecule has 3 aliphatic rings. The van der Waals surface area contributed by atoms with Crippen LogP contribution < -0.4 is 14.5 Å². The standard InChI is InChI=1S/C23H31N3O4/c1-2-30-19-8-6-18(7-9-19)26-21(27)16-20(23(26)29)24-14-10-17(11-15-24)22(28)25-12-4-3-5-13-25/h6-9,17,20H,2-5,10-16H2,1H3/p+1/t20-/m0/s1. The highest BCUT2D eigenvalue weighted by atomic mass is 16.5. The Morgan fingerprint density at radius 2 is 1.73 bits per heavy atom. The minimum Gasteiger partial charge on any atom is -0.494 e. The molecule has 7 nitrogen and oxygen atoms in total. The summed E-state index contributed by atoms with van der Waals surface area (Å²) in [6.07, 6.45) is 5.27. The summed E-state index contributed by atoms with van der Waals surface area (Å²) in [6.45, 7) is 5.80. The van der Waals surface area contributed by atoms with Crippen molar-refractivity contribution < 1.29 is 24.0 Å². The van der Waals surface area contributed by atoms with Crippen LogP contribution in [0.25, 0.3) is 0 Å². The zero-order valence-electron chi connectivity index (χ0n) is 17.8. The van der Waals surface area contributed by atoms with Gasteiger partial charge in [-0.3, -0.25) is 14.4 Å². The van der Waals surface area contributed by atoms with Gasteiger partial charge >= 0.3 is 0 Å². The molecule has 3 saturated heterocycles. The Morgan fingerprint density at radius 3 is 2.37 bits per heavy atom. The molecule has 1 N–H and O–H groups in total. The van der Waals surface area contributed by atoms with E-state index < -0.39 is 0 Å². The number of amides is 3. The van der Waals surface area contributed by atoms with Crippen molar-refractivity contribution in [1.29, 1.82) is 0 Å². The van der Waals surface area contributed by atoms with E-state index in [1.807, 2.05) is 11.8 Å². The number of benzene rings is 1. The van der Waals surface area contributed by atoms with Gasteiger partial charge in [0.05, 0.1) is 31.8 Å². The predicted octanol–water partition coefficient (Wildman–Crippen LogP) is 1.02. The van der Waals surface area contributed by atoms with E-state index >= 15 is 0 Å². The summed E-state index contributed by atoms with van der Waals surface area (Å²) in [5, 5.41) is 0. The maximum Gasteiger partial charge on any atom is 0.292 e. The third-order valence-corrected chi connectivity index (χ3v) is 6.69. The molecule has 1 aromatic rings. The van der Waals surface area contributed by atoms with Gasteiger partial charge in [-0.05, 0) is 50.5 Å². The Morgan fingerprint density at radius 1 is 1.07 bits per heavy atom. The molecule has 0 unspecified atom stereocenters. The van der Waals surface area contributed by atoms with E-state index in [2.05, 4.69) is 0 Å². The van der Waals surface area contributed by atoms with E-state index in [1.165, 1.54) is 11.3 Å².